The number of likely N-dealkylation sites (tertiary alicyclic amines) is 1. The van der Waals surface area contributed by atoms with Crippen LogP contribution in [0, 0.1) is 17.7 Å². The van der Waals surface area contributed by atoms with Gasteiger partial charge in [0.1, 0.15) is 17.1 Å². The maximum atomic E-state index is 14.2. The molecule has 0 spiro atoms. The van der Waals surface area contributed by atoms with Crippen molar-refractivity contribution in [1.29, 1.82) is 0 Å². The Morgan fingerprint density at radius 1 is 1.31 bits per heavy atom. The molecule has 1 saturated carbocycles. The number of nitrogens with zero attached hydrogens (tertiary/aromatic N) is 1. The number of carboxylic acids is 1. The average molecular weight is 518 g/mol. The van der Waals surface area contributed by atoms with Crippen LogP contribution < -0.4 is 15.2 Å². The first-order chi connectivity index (χ1) is 17.1. The lowest BCUT2D eigenvalue weighted by Gasteiger charge is -2.22. The molecule has 2 fully saturated rings. The van der Waals surface area contributed by atoms with Gasteiger partial charge in [-0.05, 0) is 67.2 Å². The highest BCUT2D eigenvalue weighted by molar-refractivity contribution is 7.92. The Morgan fingerprint density at radius 3 is 2.78 bits per heavy atom. The first kappa shape index (κ1) is 24.7. The van der Waals surface area contributed by atoms with Crippen LogP contribution in [0.25, 0.3) is 0 Å². The van der Waals surface area contributed by atoms with Crippen molar-refractivity contribution in [2.45, 2.75) is 36.6 Å². The summed E-state index contributed by atoms with van der Waals surface area (Å²) in [7, 11) is -4.44. The van der Waals surface area contributed by atoms with Crippen LogP contribution in [0.2, 0.25) is 0 Å². The van der Waals surface area contributed by atoms with Crippen LogP contribution in [0.1, 0.15) is 53.2 Å². The number of hydrogen-bond acceptors (Lipinski definition) is 7. The van der Waals surface area contributed by atoms with Crippen LogP contribution in [-0.4, -0.2) is 56.4 Å². The third-order valence-corrected chi connectivity index (χ3v) is 8.87. The van der Waals surface area contributed by atoms with Crippen LogP contribution in [0.15, 0.2) is 35.2 Å². The third kappa shape index (κ3) is 4.35. The Balaban J connectivity index is 1.48. The second-order valence-corrected chi connectivity index (χ2v) is 11.3. The van der Waals surface area contributed by atoms with E-state index in [0.29, 0.717) is 25.5 Å². The minimum absolute atomic E-state index is 0.161. The standard InChI is InChI=1S/C25H28FN3O6S/c1-2-29-8-7-13(11-29)23(30)22(27)18-10-15(26)3-6-20(18)36(33,34)28-19-5-4-16-17-9-14(17)12-35-24(16)21(19)25(31)32/h3-6,10,13-14,17,22,28H,2,7-9,11-12,27H2,1H3,(H,31,32)/t13-,14-,17-,22?/m0/s1. The van der Waals surface area contributed by atoms with E-state index in [-0.39, 0.29) is 45.1 Å². The van der Waals surface area contributed by atoms with Crippen LogP contribution >= 0.6 is 0 Å². The van der Waals surface area contributed by atoms with Crippen LogP contribution in [0.5, 0.6) is 5.75 Å². The molecule has 3 aliphatic rings. The molecule has 5 rings (SSSR count). The highest BCUT2D eigenvalue weighted by Gasteiger charge is 2.45. The summed E-state index contributed by atoms with van der Waals surface area (Å²) in [5.74, 6) is -2.09. The largest absolute Gasteiger partial charge is 0.492 e. The van der Waals surface area contributed by atoms with Crippen LogP contribution in [0.3, 0.4) is 0 Å². The SMILES string of the molecule is CCN1CC[C@H](C(=O)C(N)c2cc(F)ccc2S(=O)(=O)Nc2ccc3c(c2C(=O)O)OC[C@@H]2C[C@H]32)C1. The Kier molecular flexibility index (Phi) is 6.26. The molecule has 2 aromatic carbocycles. The summed E-state index contributed by atoms with van der Waals surface area (Å²) in [6, 6.07) is 4.67. The van der Waals surface area contributed by atoms with Crippen molar-refractivity contribution in [3.8, 4) is 5.75 Å². The Labute approximate surface area is 208 Å². The van der Waals surface area contributed by atoms with Gasteiger partial charge in [-0.3, -0.25) is 9.52 Å². The average Bonchev–Trinajstić information content (AvgIpc) is 3.49. The number of nitrogens with one attached hydrogen (secondary N) is 1. The molecule has 36 heavy (non-hydrogen) atoms. The molecule has 2 aliphatic heterocycles. The first-order valence-corrected chi connectivity index (χ1v) is 13.5. The summed E-state index contributed by atoms with van der Waals surface area (Å²) in [5.41, 5.74) is 6.33. The van der Waals surface area contributed by atoms with Crippen molar-refractivity contribution >= 4 is 27.5 Å². The van der Waals surface area contributed by atoms with E-state index in [1.165, 1.54) is 6.07 Å². The number of carbonyl (C=O) groups is 2. The summed E-state index contributed by atoms with van der Waals surface area (Å²) in [4.78, 5) is 26.9. The van der Waals surface area contributed by atoms with Gasteiger partial charge in [-0.2, -0.15) is 0 Å². The number of anilines is 1. The Morgan fingerprint density at radius 2 is 2.08 bits per heavy atom. The van der Waals surface area contributed by atoms with Crippen LogP contribution in [-0.2, 0) is 14.8 Å². The Bertz CT molecular complexity index is 1350. The zero-order valence-corrected chi connectivity index (χ0v) is 20.6. The number of carbonyl (C=O) groups excluding carboxylic acids is 1. The van der Waals surface area contributed by atoms with E-state index in [4.69, 9.17) is 10.5 Å². The molecule has 11 heteroatoms. The molecule has 0 radical (unpaired) electrons. The maximum Gasteiger partial charge on any atom is 0.341 e. The van der Waals surface area contributed by atoms with Crippen molar-refractivity contribution < 1.29 is 32.2 Å². The Hall–Kier alpha value is -3.02. The summed E-state index contributed by atoms with van der Waals surface area (Å²) in [5, 5.41) is 9.87. The number of halogens is 1. The van der Waals surface area contributed by atoms with Gasteiger partial charge in [-0.1, -0.05) is 13.0 Å². The quantitative estimate of drug-likeness (QED) is 0.486. The van der Waals surface area contributed by atoms with Crippen molar-refractivity contribution in [3.63, 3.8) is 0 Å². The lowest BCUT2D eigenvalue weighted by atomic mass is 9.93. The lowest BCUT2D eigenvalue weighted by molar-refractivity contribution is -0.123. The van der Waals surface area contributed by atoms with E-state index in [0.717, 1.165) is 43.3 Å². The molecule has 0 aromatic heterocycles. The number of ether oxygens (including phenoxy) is 1. The van der Waals surface area contributed by atoms with Crippen molar-refractivity contribution in [2.75, 3.05) is 31.0 Å². The minimum atomic E-state index is -4.44. The van der Waals surface area contributed by atoms with Gasteiger partial charge in [-0.25, -0.2) is 17.6 Å². The highest BCUT2D eigenvalue weighted by atomic mass is 32.2. The highest BCUT2D eigenvalue weighted by Crippen LogP contribution is 2.55. The van der Waals surface area contributed by atoms with Gasteiger partial charge in [0, 0.05) is 18.4 Å². The fraction of sp³-hybridized carbons (Fsp3) is 0.440. The van der Waals surface area contributed by atoms with Crippen molar-refractivity contribution in [3.05, 3.63) is 52.8 Å². The summed E-state index contributed by atoms with van der Waals surface area (Å²) in [6.45, 7) is 4.38. The second kappa shape index (κ2) is 9.13. The predicted molar refractivity (Wildman–Crippen MR) is 129 cm³/mol. The summed E-state index contributed by atoms with van der Waals surface area (Å²) in [6.07, 6.45) is 1.49. The molecule has 0 bridgehead atoms. The zero-order chi connectivity index (χ0) is 25.8. The van der Waals surface area contributed by atoms with Crippen LogP contribution in [0.4, 0.5) is 10.1 Å². The molecular weight excluding hydrogens is 489 g/mol. The van der Waals surface area contributed by atoms with E-state index < -0.39 is 27.9 Å². The fourth-order valence-corrected chi connectivity index (χ4v) is 6.63. The van der Waals surface area contributed by atoms with Gasteiger partial charge >= 0.3 is 5.97 Å². The maximum absolute atomic E-state index is 14.2. The van der Waals surface area contributed by atoms with E-state index in [1.807, 2.05) is 6.92 Å². The van der Waals surface area contributed by atoms with Gasteiger partial charge in [0.15, 0.2) is 5.78 Å². The topological polar surface area (TPSA) is 139 Å². The van der Waals surface area contributed by atoms with E-state index in [1.54, 1.807) is 6.07 Å². The summed E-state index contributed by atoms with van der Waals surface area (Å²) < 4.78 is 49.1. The zero-order valence-electron chi connectivity index (χ0n) is 19.7. The molecule has 0 amide bonds. The van der Waals surface area contributed by atoms with Crippen molar-refractivity contribution in [1.82, 2.24) is 4.90 Å². The molecule has 1 unspecified atom stereocenters. The number of aromatic carboxylic acids is 1. The number of ketones is 1. The first-order valence-electron chi connectivity index (χ1n) is 12.0. The van der Waals surface area contributed by atoms with E-state index in [2.05, 4.69) is 9.62 Å². The predicted octanol–water partition coefficient (Wildman–Crippen LogP) is 2.73. The smallest absolute Gasteiger partial charge is 0.341 e. The number of hydrogen-bond donors (Lipinski definition) is 3. The van der Waals surface area contributed by atoms with Gasteiger partial charge in [0.05, 0.1) is 23.2 Å². The number of sulfonamides is 1. The number of nitrogens with two attached hydrogens (primary N) is 1. The van der Waals surface area contributed by atoms with Gasteiger partial charge in [0.2, 0.25) is 0 Å². The van der Waals surface area contributed by atoms with E-state index >= 15 is 0 Å². The molecule has 1 aliphatic carbocycles. The number of carboxylic acid groups (broad SMARTS) is 1. The normalized spacial score (nSPS) is 23.8. The number of Topliss-reactive ketones (excluding diaryl/α,β-unsaturated/α-hetero) is 1. The number of fused-ring (bicyclic) bond motifs is 3. The minimum Gasteiger partial charge on any atom is -0.492 e. The molecule has 1 saturated heterocycles. The fourth-order valence-electron chi connectivity index (χ4n) is 5.31. The molecule has 4 N–H and O–H groups in total. The molecule has 2 aromatic rings. The third-order valence-electron chi connectivity index (χ3n) is 7.44. The number of rotatable bonds is 8. The lowest BCUT2D eigenvalue weighted by Crippen LogP contribution is -2.32. The molecule has 192 valence electrons. The molecule has 9 nitrogen and oxygen atoms in total. The monoisotopic (exact) mass is 517 g/mol. The van der Waals surface area contributed by atoms with Gasteiger partial charge < -0.3 is 20.5 Å². The number of benzene rings is 2. The van der Waals surface area contributed by atoms with E-state index in [9.17, 15) is 27.5 Å². The molecule has 4 atom stereocenters. The molecular formula is C25H28FN3O6S. The van der Waals surface area contributed by atoms with Gasteiger partial charge in [-0.15, -0.1) is 0 Å². The van der Waals surface area contributed by atoms with Gasteiger partial charge in [0.25, 0.3) is 10.0 Å². The molecule has 2 heterocycles. The second-order valence-electron chi connectivity index (χ2n) is 9.67. The van der Waals surface area contributed by atoms with Crippen molar-refractivity contribution in [2.24, 2.45) is 17.6 Å². The summed E-state index contributed by atoms with van der Waals surface area (Å²) >= 11 is 0.